The number of fused-ring (bicyclic) bond motifs is 1. The predicted octanol–water partition coefficient (Wildman–Crippen LogP) is 4.42. The van der Waals surface area contributed by atoms with Crippen LogP contribution in [0.1, 0.15) is 42.1 Å². The number of nitrogens with zero attached hydrogens (tertiary/aromatic N) is 2. The maximum atomic E-state index is 11.8. The van der Waals surface area contributed by atoms with E-state index in [4.69, 9.17) is 10.1 Å². The van der Waals surface area contributed by atoms with Crippen LogP contribution in [0.5, 0.6) is 0 Å². The van der Waals surface area contributed by atoms with Gasteiger partial charge in [0.1, 0.15) is 5.82 Å². The monoisotopic (exact) mass is 454 g/mol. The number of thiophene rings is 1. The number of nitrogens with two attached hydrogens (primary N) is 1. The van der Waals surface area contributed by atoms with Crippen LogP contribution in [0.2, 0.25) is 0 Å². The number of primary sulfonamides is 1. The van der Waals surface area contributed by atoms with Gasteiger partial charge in [-0.3, -0.25) is 5.32 Å². The molecular weight excluding hydrogens is 428 g/mol. The summed E-state index contributed by atoms with van der Waals surface area (Å²) in [5.74, 6) is 0.882. The van der Waals surface area contributed by atoms with E-state index in [0.29, 0.717) is 12.1 Å². The van der Waals surface area contributed by atoms with E-state index >= 15 is 0 Å². The lowest BCUT2D eigenvalue weighted by molar-refractivity contribution is 0.551. The van der Waals surface area contributed by atoms with Gasteiger partial charge in [-0.15, -0.1) is 11.3 Å². The SMILES string of the molecule is CCCCn1c(CN[C@H](c2ccccc2)c2cccs2)nc2cc(S(N)(=O)=O)ccc21. The van der Waals surface area contributed by atoms with Crippen molar-refractivity contribution in [1.82, 2.24) is 14.9 Å². The lowest BCUT2D eigenvalue weighted by Gasteiger charge is -2.18. The van der Waals surface area contributed by atoms with Crippen molar-refractivity contribution in [2.75, 3.05) is 0 Å². The zero-order valence-corrected chi connectivity index (χ0v) is 19.0. The Labute approximate surface area is 186 Å². The van der Waals surface area contributed by atoms with Gasteiger partial charge in [0.05, 0.1) is 28.5 Å². The fourth-order valence-corrected chi connectivity index (χ4v) is 5.07. The van der Waals surface area contributed by atoms with Crippen molar-refractivity contribution in [2.45, 2.75) is 43.8 Å². The maximum Gasteiger partial charge on any atom is 0.238 e. The van der Waals surface area contributed by atoms with Crippen molar-refractivity contribution in [2.24, 2.45) is 5.14 Å². The van der Waals surface area contributed by atoms with Crippen molar-refractivity contribution in [3.8, 4) is 0 Å². The third-order valence-electron chi connectivity index (χ3n) is 5.29. The van der Waals surface area contributed by atoms with Crippen molar-refractivity contribution in [3.05, 3.63) is 82.3 Å². The molecule has 3 N–H and O–H groups in total. The zero-order chi connectivity index (χ0) is 21.8. The number of benzene rings is 2. The lowest BCUT2D eigenvalue weighted by Crippen LogP contribution is -2.23. The number of hydrogen-bond donors (Lipinski definition) is 2. The molecule has 6 nitrogen and oxygen atoms in total. The number of aryl methyl sites for hydroxylation is 1. The van der Waals surface area contributed by atoms with Crippen LogP contribution in [-0.2, 0) is 23.1 Å². The second-order valence-electron chi connectivity index (χ2n) is 7.47. The summed E-state index contributed by atoms with van der Waals surface area (Å²) in [6, 6.07) is 19.5. The molecule has 0 aliphatic heterocycles. The van der Waals surface area contributed by atoms with Crippen LogP contribution in [0.3, 0.4) is 0 Å². The number of imidazole rings is 1. The van der Waals surface area contributed by atoms with Crippen LogP contribution in [-0.4, -0.2) is 18.0 Å². The Morgan fingerprint density at radius 3 is 2.61 bits per heavy atom. The molecule has 0 aliphatic carbocycles. The summed E-state index contributed by atoms with van der Waals surface area (Å²) in [6.07, 6.45) is 2.08. The highest BCUT2D eigenvalue weighted by Crippen LogP contribution is 2.27. The van der Waals surface area contributed by atoms with Gasteiger partial charge in [0.2, 0.25) is 10.0 Å². The molecule has 2 aromatic heterocycles. The highest BCUT2D eigenvalue weighted by Gasteiger charge is 2.18. The van der Waals surface area contributed by atoms with Gasteiger partial charge in [0.25, 0.3) is 0 Å². The van der Waals surface area contributed by atoms with E-state index in [0.717, 1.165) is 30.7 Å². The third-order valence-corrected chi connectivity index (χ3v) is 7.14. The first kappa shape index (κ1) is 21.7. The first-order valence-electron chi connectivity index (χ1n) is 10.3. The summed E-state index contributed by atoms with van der Waals surface area (Å²) >= 11 is 1.72. The van der Waals surface area contributed by atoms with Gasteiger partial charge >= 0.3 is 0 Å². The number of aromatic nitrogens is 2. The van der Waals surface area contributed by atoms with Crippen molar-refractivity contribution in [3.63, 3.8) is 0 Å². The number of unbranched alkanes of at least 4 members (excludes halogenated alkanes) is 1. The molecule has 162 valence electrons. The molecule has 0 unspecified atom stereocenters. The molecule has 0 bridgehead atoms. The molecule has 4 rings (SSSR count). The molecule has 0 aliphatic rings. The van der Waals surface area contributed by atoms with Crippen molar-refractivity contribution < 1.29 is 8.42 Å². The molecule has 0 amide bonds. The first-order chi connectivity index (χ1) is 15.0. The summed E-state index contributed by atoms with van der Waals surface area (Å²) in [4.78, 5) is 6.09. The first-order valence-corrected chi connectivity index (χ1v) is 12.7. The normalized spacial score (nSPS) is 13.0. The second-order valence-corrected chi connectivity index (χ2v) is 10.0. The molecule has 0 saturated carbocycles. The van der Waals surface area contributed by atoms with Gasteiger partial charge < -0.3 is 4.57 Å². The Hall–Kier alpha value is -2.52. The van der Waals surface area contributed by atoms with E-state index < -0.39 is 10.0 Å². The van der Waals surface area contributed by atoms with E-state index in [9.17, 15) is 8.42 Å². The summed E-state index contributed by atoms with van der Waals surface area (Å²) in [7, 11) is -3.77. The number of hydrogen-bond acceptors (Lipinski definition) is 5. The molecule has 2 aromatic carbocycles. The summed E-state index contributed by atoms with van der Waals surface area (Å²) in [6.45, 7) is 3.53. The van der Waals surface area contributed by atoms with Gasteiger partial charge in [-0.25, -0.2) is 18.5 Å². The van der Waals surface area contributed by atoms with Crippen LogP contribution < -0.4 is 10.5 Å². The van der Waals surface area contributed by atoms with E-state index in [1.807, 2.05) is 18.2 Å². The lowest BCUT2D eigenvalue weighted by atomic mass is 10.1. The van der Waals surface area contributed by atoms with Gasteiger partial charge in [-0.1, -0.05) is 49.7 Å². The standard InChI is InChI=1S/C23H26N4O2S2/c1-2-3-13-27-20-12-11-18(31(24,28)29)15-19(20)26-22(27)16-25-23(21-10-7-14-30-21)17-8-5-4-6-9-17/h4-12,14-15,23,25H,2-3,13,16H2,1H3,(H2,24,28,29)/t23-/m1/s1. The highest BCUT2D eigenvalue weighted by molar-refractivity contribution is 7.89. The van der Waals surface area contributed by atoms with Gasteiger partial charge in [-0.05, 0) is 41.6 Å². The van der Waals surface area contributed by atoms with E-state index in [1.165, 1.54) is 10.4 Å². The Bertz CT molecular complexity index is 1250. The molecule has 2 heterocycles. The quantitative estimate of drug-likeness (QED) is 0.392. The average Bonchev–Trinajstić information content (AvgIpc) is 3.40. The predicted molar refractivity (Wildman–Crippen MR) is 125 cm³/mol. The Balaban J connectivity index is 1.68. The molecule has 4 aromatic rings. The van der Waals surface area contributed by atoms with Crippen molar-refractivity contribution in [1.29, 1.82) is 0 Å². The second kappa shape index (κ2) is 9.32. The fraction of sp³-hybridized carbons (Fsp3) is 0.261. The topological polar surface area (TPSA) is 90.0 Å². The minimum atomic E-state index is -3.77. The average molecular weight is 455 g/mol. The molecule has 8 heteroatoms. The molecule has 0 fully saturated rings. The number of sulfonamides is 1. The molecule has 31 heavy (non-hydrogen) atoms. The Morgan fingerprint density at radius 1 is 1.13 bits per heavy atom. The molecule has 0 saturated heterocycles. The number of rotatable bonds is 9. The molecule has 1 atom stereocenters. The molecule has 0 radical (unpaired) electrons. The summed E-state index contributed by atoms with van der Waals surface area (Å²) in [5.41, 5.74) is 2.76. The van der Waals surface area contributed by atoms with Gasteiger partial charge in [-0.2, -0.15) is 0 Å². The van der Waals surface area contributed by atoms with E-state index in [2.05, 4.69) is 46.5 Å². The third kappa shape index (κ3) is 4.88. The molecular formula is C23H26N4O2S2. The van der Waals surface area contributed by atoms with E-state index in [1.54, 1.807) is 29.5 Å². The van der Waals surface area contributed by atoms with Crippen LogP contribution in [0.4, 0.5) is 0 Å². The summed E-state index contributed by atoms with van der Waals surface area (Å²) in [5, 5.41) is 11.1. The van der Waals surface area contributed by atoms with Crippen LogP contribution in [0, 0.1) is 0 Å². The molecule has 0 spiro atoms. The van der Waals surface area contributed by atoms with Gasteiger partial charge in [0.15, 0.2) is 0 Å². The minimum absolute atomic E-state index is 0.0561. The Kier molecular flexibility index (Phi) is 6.52. The van der Waals surface area contributed by atoms with Crippen LogP contribution in [0.15, 0.2) is 70.9 Å². The zero-order valence-electron chi connectivity index (χ0n) is 17.4. The van der Waals surface area contributed by atoms with E-state index in [-0.39, 0.29) is 10.9 Å². The largest absolute Gasteiger partial charge is 0.327 e. The smallest absolute Gasteiger partial charge is 0.238 e. The van der Waals surface area contributed by atoms with Crippen molar-refractivity contribution >= 4 is 32.4 Å². The van der Waals surface area contributed by atoms with Crippen LogP contribution in [0.25, 0.3) is 11.0 Å². The minimum Gasteiger partial charge on any atom is -0.327 e. The van der Waals surface area contributed by atoms with Gasteiger partial charge in [0, 0.05) is 11.4 Å². The summed E-state index contributed by atoms with van der Waals surface area (Å²) < 4.78 is 25.7. The van der Waals surface area contributed by atoms with Crippen LogP contribution >= 0.6 is 11.3 Å². The Morgan fingerprint density at radius 2 is 1.94 bits per heavy atom. The fourth-order valence-electron chi connectivity index (χ4n) is 3.71. The maximum absolute atomic E-state index is 11.8. The number of nitrogens with one attached hydrogen (secondary N) is 1. The highest BCUT2D eigenvalue weighted by atomic mass is 32.2.